The molecule has 148 valence electrons. The van der Waals surface area contributed by atoms with Gasteiger partial charge < -0.3 is 14.8 Å². The van der Waals surface area contributed by atoms with Gasteiger partial charge in [-0.1, -0.05) is 29.3 Å². The van der Waals surface area contributed by atoms with Gasteiger partial charge >= 0.3 is 0 Å². The Kier molecular flexibility index (Phi) is 5.13. The summed E-state index contributed by atoms with van der Waals surface area (Å²) < 4.78 is 38.1. The molecule has 0 aromatic heterocycles. The lowest BCUT2D eigenvalue weighted by molar-refractivity contribution is 0.0950. The molecule has 1 aliphatic heterocycles. The van der Waals surface area contributed by atoms with Crippen molar-refractivity contribution in [3.05, 3.63) is 51.5 Å². The molecule has 0 saturated heterocycles. The molecule has 2 N–H and O–H groups in total. The van der Waals surface area contributed by atoms with Gasteiger partial charge in [0, 0.05) is 12.6 Å². The molecule has 1 fully saturated rings. The number of hydrogen-bond acceptors (Lipinski definition) is 5. The van der Waals surface area contributed by atoms with Crippen LogP contribution in [0.5, 0.6) is 11.5 Å². The van der Waals surface area contributed by atoms with E-state index in [4.69, 9.17) is 32.7 Å². The predicted octanol–water partition coefficient (Wildman–Crippen LogP) is 3.09. The topological polar surface area (TPSA) is 93.7 Å². The van der Waals surface area contributed by atoms with E-state index in [2.05, 4.69) is 10.0 Å². The number of nitrogens with one attached hydrogen (secondary N) is 2. The summed E-state index contributed by atoms with van der Waals surface area (Å²) in [5.74, 6) is 0.742. The van der Waals surface area contributed by atoms with Gasteiger partial charge in [-0.2, -0.15) is 0 Å². The third-order valence-corrected chi connectivity index (χ3v) is 6.64. The van der Waals surface area contributed by atoms with E-state index in [0.29, 0.717) is 11.5 Å². The average molecular weight is 443 g/mol. The molecule has 28 heavy (non-hydrogen) atoms. The second kappa shape index (κ2) is 7.44. The molecule has 2 aliphatic rings. The van der Waals surface area contributed by atoms with E-state index in [0.717, 1.165) is 18.4 Å². The zero-order valence-corrected chi connectivity index (χ0v) is 16.8. The summed E-state index contributed by atoms with van der Waals surface area (Å²) in [6.07, 6.45) is 1.57. The number of sulfonamides is 1. The molecule has 0 bridgehead atoms. The maximum absolute atomic E-state index is 12.6. The number of carbonyl (C=O) groups excluding carboxylic acids is 1. The number of rotatable bonds is 6. The Morgan fingerprint density at radius 3 is 2.57 bits per heavy atom. The highest BCUT2D eigenvalue weighted by atomic mass is 35.5. The lowest BCUT2D eigenvalue weighted by atomic mass is 10.1. The molecule has 10 heteroatoms. The minimum atomic E-state index is -3.83. The Hall–Kier alpha value is -2.00. The molecule has 1 saturated carbocycles. The van der Waals surface area contributed by atoms with E-state index in [1.54, 1.807) is 18.2 Å². The van der Waals surface area contributed by atoms with Crippen LogP contribution < -0.4 is 19.5 Å². The number of fused-ring (bicyclic) bond motifs is 1. The van der Waals surface area contributed by atoms with Crippen LogP contribution in [-0.2, 0) is 16.6 Å². The van der Waals surface area contributed by atoms with Crippen molar-refractivity contribution in [3.8, 4) is 11.5 Å². The summed E-state index contributed by atoms with van der Waals surface area (Å²) in [5, 5.41) is 2.75. The molecular weight excluding hydrogens is 427 g/mol. The van der Waals surface area contributed by atoms with Crippen LogP contribution in [0, 0.1) is 0 Å². The van der Waals surface area contributed by atoms with Crippen LogP contribution >= 0.6 is 23.2 Å². The maximum Gasteiger partial charge on any atom is 0.253 e. The van der Waals surface area contributed by atoms with E-state index in [1.165, 1.54) is 12.1 Å². The summed E-state index contributed by atoms with van der Waals surface area (Å²) in [6, 6.07) is 7.70. The maximum atomic E-state index is 12.6. The fourth-order valence-electron chi connectivity index (χ4n) is 2.72. The normalized spacial score (nSPS) is 15.5. The molecule has 0 unspecified atom stereocenters. The minimum Gasteiger partial charge on any atom is -0.454 e. The Morgan fingerprint density at radius 1 is 1.07 bits per heavy atom. The highest BCUT2D eigenvalue weighted by Crippen LogP contribution is 2.33. The van der Waals surface area contributed by atoms with Crippen LogP contribution in [0.2, 0.25) is 10.0 Å². The van der Waals surface area contributed by atoms with E-state index in [1.807, 2.05) is 0 Å². The minimum absolute atomic E-state index is 0.0305. The second-order valence-electron chi connectivity index (χ2n) is 6.53. The van der Waals surface area contributed by atoms with Gasteiger partial charge in [-0.25, -0.2) is 13.1 Å². The molecule has 0 atom stereocenters. The van der Waals surface area contributed by atoms with Crippen molar-refractivity contribution in [2.75, 3.05) is 6.79 Å². The van der Waals surface area contributed by atoms with Crippen molar-refractivity contribution >= 4 is 39.1 Å². The van der Waals surface area contributed by atoms with E-state index in [-0.39, 0.29) is 39.9 Å². The van der Waals surface area contributed by atoms with Gasteiger partial charge in [0.25, 0.3) is 5.91 Å². The third-order valence-electron chi connectivity index (χ3n) is 4.34. The second-order valence-corrected chi connectivity index (χ2v) is 9.03. The highest BCUT2D eigenvalue weighted by Gasteiger charge is 2.30. The van der Waals surface area contributed by atoms with Gasteiger partial charge in [0.05, 0.1) is 15.6 Å². The SMILES string of the molecule is O=C(NCc1ccc2c(c1)OCO2)c1cc(S(=O)(=O)NC2CC2)c(Cl)cc1Cl. The van der Waals surface area contributed by atoms with Gasteiger partial charge in [0.15, 0.2) is 11.5 Å². The zero-order valence-electron chi connectivity index (χ0n) is 14.5. The molecule has 1 heterocycles. The fourth-order valence-corrected chi connectivity index (χ4v) is 4.89. The van der Waals surface area contributed by atoms with Crippen LogP contribution in [0.4, 0.5) is 0 Å². The standard InChI is InChI=1S/C18H16Cl2N2O5S/c19-13-7-14(20)17(28(24,25)22-11-2-3-11)6-12(13)18(23)21-8-10-1-4-15-16(5-10)27-9-26-15/h1,4-7,11,22H,2-3,8-9H2,(H,21,23). The Balaban J connectivity index is 1.52. The third kappa shape index (κ3) is 4.05. The first-order valence-electron chi connectivity index (χ1n) is 8.51. The first-order chi connectivity index (χ1) is 13.3. The predicted molar refractivity (Wildman–Crippen MR) is 104 cm³/mol. The molecule has 1 amide bonds. The molecule has 1 aliphatic carbocycles. The van der Waals surface area contributed by atoms with Crippen molar-refractivity contribution in [1.82, 2.24) is 10.0 Å². The van der Waals surface area contributed by atoms with E-state index < -0.39 is 15.9 Å². The Morgan fingerprint density at radius 2 is 1.82 bits per heavy atom. The summed E-state index contributed by atoms with van der Waals surface area (Å²) >= 11 is 12.2. The van der Waals surface area contributed by atoms with E-state index >= 15 is 0 Å². The highest BCUT2D eigenvalue weighted by molar-refractivity contribution is 7.89. The van der Waals surface area contributed by atoms with Crippen LogP contribution in [0.15, 0.2) is 35.2 Å². The molecule has 2 aromatic carbocycles. The average Bonchev–Trinajstić information content (AvgIpc) is 3.31. The van der Waals surface area contributed by atoms with Crippen LogP contribution in [0.25, 0.3) is 0 Å². The number of ether oxygens (including phenoxy) is 2. The summed E-state index contributed by atoms with van der Waals surface area (Å²) in [7, 11) is -3.83. The first-order valence-corrected chi connectivity index (χ1v) is 10.8. The quantitative estimate of drug-likeness (QED) is 0.716. The molecule has 7 nitrogen and oxygen atoms in total. The summed E-state index contributed by atoms with van der Waals surface area (Å²) in [4.78, 5) is 12.4. The van der Waals surface area contributed by atoms with Gasteiger partial charge in [0.1, 0.15) is 4.90 Å². The van der Waals surface area contributed by atoms with Gasteiger partial charge in [-0.15, -0.1) is 0 Å². The van der Waals surface area contributed by atoms with Crippen LogP contribution in [-0.4, -0.2) is 27.2 Å². The van der Waals surface area contributed by atoms with Crippen LogP contribution in [0.3, 0.4) is 0 Å². The zero-order chi connectivity index (χ0) is 19.9. The Labute approximate surface area is 172 Å². The number of hydrogen-bond donors (Lipinski definition) is 2. The van der Waals surface area contributed by atoms with Gasteiger partial charge in [-0.3, -0.25) is 4.79 Å². The summed E-state index contributed by atoms with van der Waals surface area (Å²) in [6.45, 7) is 0.370. The van der Waals surface area contributed by atoms with Crippen molar-refractivity contribution < 1.29 is 22.7 Å². The monoisotopic (exact) mass is 442 g/mol. The number of amides is 1. The Bertz CT molecular complexity index is 1050. The van der Waals surface area contributed by atoms with Crippen molar-refractivity contribution in [2.45, 2.75) is 30.3 Å². The number of halogens is 2. The van der Waals surface area contributed by atoms with Crippen LogP contribution in [0.1, 0.15) is 28.8 Å². The van der Waals surface area contributed by atoms with Gasteiger partial charge in [-0.05, 0) is 42.7 Å². The molecule has 0 radical (unpaired) electrons. The van der Waals surface area contributed by atoms with Crippen molar-refractivity contribution in [1.29, 1.82) is 0 Å². The fraction of sp³-hybridized carbons (Fsp3) is 0.278. The molecule has 0 spiro atoms. The first kappa shape index (κ1) is 19.3. The van der Waals surface area contributed by atoms with Gasteiger partial charge in [0.2, 0.25) is 16.8 Å². The lowest BCUT2D eigenvalue weighted by Gasteiger charge is -2.12. The molecular formula is C18H16Cl2N2O5S. The number of benzene rings is 2. The van der Waals surface area contributed by atoms with Crippen molar-refractivity contribution in [3.63, 3.8) is 0 Å². The lowest BCUT2D eigenvalue weighted by Crippen LogP contribution is -2.27. The molecule has 4 rings (SSSR count). The van der Waals surface area contributed by atoms with Crippen molar-refractivity contribution in [2.24, 2.45) is 0 Å². The largest absolute Gasteiger partial charge is 0.454 e. The number of carbonyl (C=O) groups is 1. The molecule has 2 aromatic rings. The summed E-state index contributed by atoms with van der Waals surface area (Å²) in [5.41, 5.74) is 0.828. The van der Waals surface area contributed by atoms with E-state index in [9.17, 15) is 13.2 Å². The smallest absolute Gasteiger partial charge is 0.253 e.